The number of anilines is 2. The average Bonchev–Trinajstić information content (AvgIpc) is 2.62. The Morgan fingerprint density at radius 3 is 2.94 bits per heavy atom. The van der Waals surface area contributed by atoms with Crippen molar-refractivity contribution in [3.63, 3.8) is 0 Å². The van der Waals surface area contributed by atoms with Crippen LogP contribution in [-0.4, -0.2) is 49.1 Å². The fourth-order valence-electron chi connectivity index (χ4n) is 2.52. The lowest BCUT2D eigenvalue weighted by Crippen LogP contribution is -2.39. The third-order valence-electron chi connectivity index (χ3n) is 3.50. The molecule has 2 N–H and O–H groups in total. The zero-order chi connectivity index (χ0) is 13.1. The Kier molecular flexibility index (Phi) is 4.29. The summed E-state index contributed by atoms with van der Waals surface area (Å²) in [6.07, 6.45) is 2.28. The molecule has 0 aliphatic carbocycles. The summed E-state index contributed by atoms with van der Waals surface area (Å²) in [6.45, 7) is 5.50. The summed E-state index contributed by atoms with van der Waals surface area (Å²) in [6, 6.07) is 0.506. The first-order valence-corrected chi connectivity index (χ1v) is 7.19. The number of aromatic nitrogens is 1. The third kappa shape index (κ3) is 2.54. The molecule has 1 aromatic rings. The van der Waals surface area contributed by atoms with E-state index in [1.807, 2.05) is 0 Å². The maximum atomic E-state index is 5.85. The van der Waals surface area contributed by atoms with Gasteiger partial charge in [0, 0.05) is 19.1 Å². The lowest BCUT2D eigenvalue weighted by Gasteiger charge is -2.31. The van der Waals surface area contributed by atoms with E-state index < -0.39 is 0 Å². The van der Waals surface area contributed by atoms with E-state index in [4.69, 9.17) is 10.5 Å². The zero-order valence-electron chi connectivity index (χ0n) is 11.3. The molecule has 0 radical (unpaired) electrons. The number of ether oxygens (including phenoxy) is 1. The first-order chi connectivity index (χ1) is 8.67. The van der Waals surface area contributed by atoms with Crippen molar-refractivity contribution in [2.45, 2.75) is 25.8 Å². The van der Waals surface area contributed by atoms with E-state index in [0.717, 1.165) is 43.2 Å². The lowest BCUT2D eigenvalue weighted by molar-refractivity contribution is 0.327. The Balaban J connectivity index is 2.28. The predicted molar refractivity (Wildman–Crippen MR) is 76.6 cm³/mol. The molecule has 0 saturated carbocycles. The molecule has 5 nitrogen and oxygen atoms in total. The topological polar surface area (TPSA) is 54.6 Å². The number of hydrogen-bond acceptors (Lipinski definition) is 6. The quantitative estimate of drug-likeness (QED) is 0.905. The Hall–Kier alpha value is -1.01. The molecular weight excluding hydrogens is 248 g/mol. The molecule has 1 unspecified atom stereocenters. The fraction of sp³-hybridized carbons (Fsp3) is 0.750. The number of methoxy groups -OCH3 is 1. The molecule has 1 saturated heterocycles. The molecule has 2 rings (SSSR count). The van der Waals surface area contributed by atoms with Gasteiger partial charge in [-0.2, -0.15) is 4.37 Å². The lowest BCUT2D eigenvalue weighted by atomic mass is 10.2. The minimum atomic E-state index is 0.505. The number of nitrogens with zero attached hydrogens (tertiary/aromatic N) is 3. The molecule has 1 aliphatic heterocycles. The predicted octanol–water partition coefficient (Wildman–Crippen LogP) is 1.65. The van der Waals surface area contributed by atoms with Gasteiger partial charge in [-0.1, -0.05) is 6.92 Å². The summed E-state index contributed by atoms with van der Waals surface area (Å²) in [5.41, 5.74) is 5.85. The highest BCUT2D eigenvalue weighted by molar-refractivity contribution is 7.11. The first kappa shape index (κ1) is 13.4. The van der Waals surface area contributed by atoms with Gasteiger partial charge in [0.15, 0.2) is 16.6 Å². The highest BCUT2D eigenvalue weighted by atomic mass is 32.1. The smallest absolute Gasteiger partial charge is 0.197 e. The second kappa shape index (κ2) is 5.75. The minimum Gasteiger partial charge on any atom is -0.490 e. The number of nitrogen functional groups attached to an aromatic ring is 1. The van der Waals surface area contributed by atoms with Crippen molar-refractivity contribution in [1.29, 1.82) is 0 Å². The molecule has 1 fully saturated rings. The van der Waals surface area contributed by atoms with Gasteiger partial charge in [0.2, 0.25) is 0 Å². The summed E-state index contributed by atoms with van der Waals surface area (Å²) in [7, 11) is 3.85. The van der Waals surface area contributed by atoms with E-state index in [1.54, 1.807) is 7.11 Å². The highest BCUT2D eigenvalue weighted by Crippen LogP contribution is 2.39. The molecule has 6 heteroatoms. The number of nitrogens with two attached hydrogens (primary N) is 1. The van der Waals surface area contributed by atoms with Gasteiger partial charge in [-0.05, 0) is 38.0 Å². The molecule has 1 aromatic heterocycles. The minimum absolute atomic E-state index is 0.505. The van der Waals surface area contributed by atoms with Gasteiger partial charge >= 0.3 is 0 Å². The van der Waals surface area contributed by atoms with Crippen LogP contribution in [0.25, 0.3) is 0 Å². The highest BCUT2D eigenvalue weighted by Gasteiger charge is 2.27. The third-order valence-corrected chi connectivity index (χ3v) is 4.38. The first-order valence-electron chi connectivity index (χ1n) is 6.41. The van der Waals surface area contributed by atoms with Crippen molar-refractivity contribution in [2.75, 3.05) is 44.4 Å². The van der Waals surface area contributed by atoms with Gasteiger partial charge in [0.05, 0.1) is 7.11 Å². The maximum Gasteiger partial charge on any atom is 0.197 e. The van der Waals surface area contributed by atoms with E-state index in [2.05, 4.69) is 28.1 Å². The van der Waals surface area contributed by atoms with Crippen molar-refractivity contribution < 1.29 is 4.74 Å². The van der Waals surface area contributed by atoms with Crippen LogP contribution in [0.4, 0.5) is 10.8 Å². The summed E-state index contributed by atoms with van der Waals surface area (Å²) < 4.78 is 9.62. The fourth-order valence-corrected chi connectivity index (χ4v) is 3.40. The van der Waals surface area contributed by atoms with E-state index in [0.29, 0.717) is 11.9 Å². The van der Waals surface area contributed by atoms with Crippen molar-refractivity contribution in [3.05, 3.63) is 0 Å². The van der Waals surface area contributed by atoms with Gasteiger partial charge in [-0.3, -0.25) is 0 Å². The molecule has 0 spiro atoms. The monoisotopic (exact) mass is 270 g/mol. The summed E-state index contributed by atoms with van der Waals surface area (Å²) >= 11 is 1.44. The van der Waals surface area contributed by atoms with Crippen LogP contribution in [-0.2, 0) is 0 Å². The van der Waals surface area contributed by atoms with Crippen LogP contribution in [0.5, 0.6) is 5.75 Å². The van der Waals surface area contributed by atoms with Crippen LogP contribution in [0.1, 0.15) is 19.8 Å². The van der Waals surface area contributed by atoms with Crippen LogP contribution in [0.2, 0.25) is 0 Å². The number of likely N-dealkylation sites (N-methyl/N-ethyl adjacent to an activating group) is 1. The van der Waals surface area contributed by atoms with Crippen molar-refractivity contribution >= 4 is 22.4 Å². The van der Waals surface area contributed by atoms with Crippen molar-refractivity contribution in [3.8, 4) is 5.75 Å². The summed E-state index contributed by atoms with van der Waals surface area (Å²) in [5.74, 6) is 1.24. The molecule has 1 aliphatic rings. The molecule has 1 atom stereocenters. The van der Waals surface area contributed by atoms with Crippen molar-refractivity contribution in [1.82, 2.24) is 9.27 Å². The Labute approximate surface area is 113 Å². The normalized spacial score (nSPS) is 21.9. The van der Waals surface area contributed by atoms with E-state index in [-0.39, 0.29) is 0 Å². The number of hydrogen-bond donors (Lipinski definition) is 1. The second-order valence-corrected chi connectivity index (χ2v) is 5.53. The number of rotatable bonds is 3. The summed E-state index contributed by atoms with van der Waals surface area (Å²) in [5, 5.41) is 1.08. The molecule has 0 amide bonds. The van der Waals surface area contributed by atoms with Gasteiger partial charge in [-0.25, -0.2) is 0 Å². The van der Waals surface area contributed by atoms with E-state index >= 15 is 0 Å². The molecule has 102 valence electrons. The standard InChI is InChI=1S/C12H22N4OS/c1-4-9-8-15(2)6-5-7-16(9)12-10(17-3)11(13)14-18-12/h9H,4-8H2,1-3H3,(H2,13,14). The molecule has 18 heavy (non-hydrogen) atoms. The molecule has 0 bridgehead atoms. The second-order valence-electron chi connectivity index (χ2n) is 4.78. The van der Waals surface area contributed by atoms with Gasteiger partial charge in [0.25, 0.3) is 0 Å². The Morgan fingerprint density at radius 1 is 1.50 bits per heavy atom. The molecule has 0 aromatic carbocycles. The molecular formula is C12H22N4OS. The molecule has 2 heterocycles. The Morgan fingerprint density at radius 2 is 2.28 bits per heavy atom. The van der Waals surface area contributed by atoms with Gasteiger partial charge in [-0.15, -0.1) is 0 Å². The summed E-state index contributed by atoms with van der Waals surface area (Å²) in [4.78, 5) is 4.81. The van der Waals surface area contributed by atoms with Crippen LogP contribution in [0.15, 0.2) is 0 Å². The van der Waals surface area contributed by atoms with Crippen molar-refractivity contribution in [2.24, 2.45) is 0 Å². The van der Waals surface area contributed by atoms with Gasteiger partial charge in [0.1, 0.15) is 0 Å². The van der Waals surface area contributed by atoms with Crippen LogP contribution in [0.3, 0.4) is 0 Å². The van der Waals surface area contributed by atoms with E-state index in [1.165, 1.54) is 11.5 Å². The maximum absolute atomic E-state index is 5.85. The van der Waals surface area contributed by atoms with Crippen LogP contribution < -0.4 is 15.4 Å². The van der Waals surface area contributed by atoms with Crippen LogP contribution >= 0.6 is 11.5 Å². The largest absolute Gasteiger partial charge is 0.490 e. The van der Waals surface area contributed by atoms with E-state index in [9.17, 15) is 0 Å². The SMILES string of the molecule is CCC1CN(C)CCCN1c1snc(N)c1OC. The average molecular weight is 270 g/mol. The van der Waals surface area contributed by atoms with Crippen LogP contribution in [0, 0.1) is 0 Å². The van der Waals surface area contributed by atoms with Gasteiger partial charge < -0.3 is 20.3 Å². The zero-order valence-corrected chi connectivity index (χ0v) is 12.2. The Bertz CT molecular complexity index is 395.